The lowest BCUT2D eigenvalue weighted by atomic mass is 10.0. The van der Waals surface area contributed by atoms with Gasteiger partial charge in [0.15, 0.2) is 0 Å². The Hall–Kier alpha value is -6.94. The number of aromatic nitrogens is 1. The molecule has 0 atom stereocenters. The van der Waals surface area contributed by atoms with Gasteiger partial charge < -0.3 is 9.47 Å². The summed E-state index contributed by atoms with van der Waals surface area (Å²) in [6, 6.07) is 75.2. The number of nitrogens with zero attached hydrogens (tertiary/aromatic N) is 2. The van der Waals surface area contributed by atoms with Gasteiger partial charge in [0.2, 0.25) is 0 Å². The highest BCUT2D eigenvalue weighted by Gasteiger charge is 2.18. The first-order valence-electron chi connectivity index (χ1n) is 18.7. The number of rotatable bonds is 6. The van der Waals surface area contributed by atoms with Crippen LogP contribution in [-0.2, 0) is 0 Å². The molecule has 55 heavy (non-hydrogen) atoms. The Morgan fingerprint density at radius 2 is 0.891 bits per heavy atom. The van der Waals surface area contributed by atoms with Crippen molar-refractivity contribution in [1.82, 2.24) is 4.57 Å². The topological polar surface area (TPSA) is 8.17 Å². The fourth-order valence-electron chi connectivity index (χ4n) is 8.28. The highest BCUT2D eigenvalue weighted by molar-refractivity contribution is 7.25. The maximum atomic E-state index is 2.39. The smallest absolute Gasteiger partial charge is 0.0542 e. The van der Waals surface area contributed by atoms with E-state index < -0.39 is 0 Å². The van der Waals surface area contributed by atoms with Crippen molar-refractivity contribution >= 4 is 81.1 Å². The van der Waals surface area contributed by atoms with Gasteiger partial charge in [-0.05, 0) is 118 Å². The normalized spacial score (nSPS) is 11.6. The molecule has 0 bridgehead atoms. The largest absolute Gasteiger partial charge is 0.310 e. The summed E-state index contributed by atoms with van der Waals surface area (Å²) < 4.78 is 5.03. The van der Waals surface area contributed by atoms with E-state index in [0.29, 0.717) is 0 Å². The van der Waals surface area contributed by atoms with Crippen molar-refractivity contribution in [3.63, 3.8) is 0 Å². The molecule has 0 unspecified atom stereocenters. The molecule has 0 fully saturated rings. The molecule has 3 heteroatoms. The molecule has 0 saturated carbocycles. The summed E-state index contributed by atoms with van der Waals surface area (Å²) in [4.78, 5) is 2.39. The van der Waals surface area contributed by atoms with Gasteiger partial charge in [-0.1, -0.05) is 121 Å². The number of fused-ring (bicyclic) bond motifs is 7. The van der Waals surface area contributed by atoms with Crippen molar-refractivity contribution in [3.8, 4) is 27.9 Å². The van der Waals surface area contributed by atoms with Crippen LogP contribution in [0.3, 0.4) is 0 Å². The van der Waals surface area contributed by atoms with E-state index in [1.165, 1.54) is 75.0 Å². The fourth-order valence-corrected chi connectivity index (χ4v) is 9.37. The zero-order chi connectivity index (χ0) is 36.3. The monoisotopic (exact) mass is 718 g/mol. The first-order valence-corrected chi connectivity index (χ1v) is 19.6. The minimum absolute atomic E-state index is 1.11. The standard InChI is InChI=1S/C52H34N2S/c1-2-12-41(13-3-1)54-49-16-8-6-14-45(49)47-34-44(29-30-50(47)54)53(42-25-20-36(21-26-42)39-19-18-35-10-4-5-11-38(35)32-39)43-27-22-37(23-28-43)40-24-31-52-48(33-40)46-15-7-9-17-51(46)55-52/h1-34H. The Morgan fingerprint density at radius 3 is 1.67 bits per heavy atom. The van der Waals surface area contributed by atoms with E-state index in [4.69, 9.17) is 0 Å². The molecule has 11 aromatic rings. The van der Waals surface area contributed by atoms with E-state index >= 15 is 0 Å². The van der Waals surface area contributed by atoms with Gasteiger partial charge in [0.25, 0.3) is 0 Å². The fraction of sp³-hybridized carbons (Fsp3) is 0. The van der Waals surface area contributed by atoms with E-state index in [1.54, 1.807) is 0 Å². The first-order chi connectivity index (χ1) is 27.2. The van der Waals surface area contributed by atoms with Crippen molar-refractivity contribution in [2.24, 2.45) is 0 Å². The summed E-state index contributed by atoms with van der Waals surface area (Å²) >= 11 is 1.86. The number of anilines is 3. The summed E-state index contributed by atoms with van der Waals surface area (Å²) in [7, 11) is 0. The molecular formula is C52H34N2S. The van der Waals surface area contributed by atoms with Gasteiger partial charge in [-0.25, -0.2) is 0 Å². The zero-order valence-electron chi connectivity index (χ0n) is 29.9. The molecule has 2 nitrogen and oxygen atoms in total. The third-order valence-electron chi connectivity index (χ3n) is 11.0. The summed E-state index contributed by atoms with van der Waals surface area (Å²) in [6.45, 7) is 0. The lowest BCUT2D eigenvalue weighted by molar-refractivity contribution is 1.18. The number of thiophene rings is 1. The predicted molar refractivity (Wildman–Crippen MR) is 237 cm³/mol. The molecule has 0 spiro atoms. The number of hydrogen-bond donors (Lipinski definition) is 0. The Labute approximate surface area is 323 Å². The first kappa shape index (κ1) is 31.6. The zero-order valence-corrected chi connectivity index (χ0v) is 30.7. The minimum Gasteiger partial charge on any atom is -0.310 e. The molecule has 0 amide bonds. The molecule has 0 aliphatic heterocycles. The Morgan fingerprint density at radius 1 is 0.327 bits per heavy atom. The van der Waals surface area contributed by atoms with Crippen LogP contribution in [0.25, 0.3) is 80.7 Å². The van der Waals surface area contributed by atoms with E-state index in [-0.39, 0.29) is 0 Å². The van der Waals surface area contributed by atoms with Crippen molar-refractivity contribution in [1.29, 1.82) is 0 Å². The third kappa shape index (κ3) is 5.40. The van der Waals surface area contributed by atoms with Gasteiger partial charge in [-0.3, -0.25) is 0 Å². The molecule has 2 aromatic heterocycles. The van der Waals surface area contributed by atoms with Crippen LogP contribution in [0.15, 0.2) is 206 Å². The van der Waals surface area contributed by atoms with E-state index in [2.05, 4.69) is 216 Å². The van der Waals surface area contributed by atoms with Crippen LogP contribution in [0.2, 0.25) is 0 Å². The molecule has 9 aromatic carbocycles. The van der Waals surface area contributed by atoms with Crippen LogP contribution in [-0.4, -0.2) is 4.57 Å². The molecule has 0 saturated heterocycles. The predicted octanol–water partition coefficient (Wildman–Crippen LogP) is 15.1. The van der Waals surface area contributed by atoms with Gasteiger partial charge in [0, 0.05) is 53.7 Å². The second kappa shape index (κ2) is 12.9. The number of hydrogen-bond acceptors (Lipinski definition) is 2. The SMILES string of the molecule is c1ccc(-n2c3ccccc3c3cc(N(c4ccc(-c5ccc6ccccc6c5)cc4)c4ccc(-c5ccc6sc7ccccc7c6c5)cc4)ccc32)cc1. The Kier molecular flexibility index (Phi) is 7.39. The number of benzene rings is 9. The Balaban J connectivity index is 1.04. The van der Waals surface area contributed by atoms with Crippen molar-refractivity contribution in [2.45, 2.75) is 0 Å². The molecule has 0 N–H and O–H groups in total. The van der Waals surface area contributed by atoms with Gasteiger partial charge in [0.1, 0.15) is 0 Å². The Bertz CT molecular complexity index is 3190. The molecule has 258 valence electrons. The average Bonchev–Trinajstić information content (AvgIpc) is 3.80. The second-order valence-corrected chi connectivity index (χ2v) is 15.3. The highest BCUT2D eigenvalue weighted by atomic mass is 32.1. The van der Waals surface area contributed by atoms with Gasteiger partial charge in [-0.2, -0.15) is 0 Å². The third-order valence-corrected chi connectivity index (χ3v) is 12.1. The number of para-hydroxylation sites is 2. The average molecular weight is 719 g/mol. The van der Waals surface area contributed by atoms with E-state index in [1.807, 2.05) is 11.3 Å². The maximum absolute atomic E-state index is 2.39. The van der Waals surface area contributed by atoms with Crippen LogP contribution >= 0.6 is 11.3 Å². The molecule has 0 aliphatic rings. The van der Waals surface area contributed by atoms with Crippen LogP contribution < -0.4 is 4.90 Å². The molecule has 0 radical (unpaired) electrons. The molecule has 11 rings (SSSR count). The van der Waals surface area contributed by atoms with Crippen LogP contribution in [0.4, 0.5) is 17.1 Å². The van der Waals surface area contributed by atoms with Gasteiger partial charge in [-0.15, -0.1) is 11.3 Å². The molecule has 0 aliphatic carbocycles. The summed E-state index contributed by atoms with van der Waals surface area (Å²) in [5, 5.41) is 7.61. The molecule has 2 heterocycles. The second-order valence-electron chi connectivity index (χ2n) is 14.2. The van der Waals surface area contributed by atoms with Crippen molar-refractivity contribution < 1.29 is 0 Å². The lowest BCUT2D eigenvalue weighted by Gasteiger charge is -2.26. The molecular weight excluding hydrogens is 685 g/mol. The van der Waals surface area contributed by atoms with Crippen LogP contribution in [0.1, 0.15) is 0 Å². The van der Waals surface area contributed by atoms with E-state index in [0.717, 1.165) is 22.7 Å². The summed E-state index contributed by atoms with van der Waals surface area (Å²) in [6.07, 6.45) is 0. The van der Waals surface area contributed by atoms with Gasteiger partial charge in [0.05, 0.1) is 11.0 Å². The van der Waals surface area contributed by atoms with Crippen molar-refractivity contribution in [2.75, 3.05) is 4.90 Å². The van der Waals surface area contributed by atoms with E-state index in [9.17, 15) is 0 Å². The van der Waals surface area contributed by atoms with Crippen LogP contribution in [0.5, 0.6) is 0 Å². The highest BCUT2D eigenvalue weighted by Crippen LogP contribution is 2.42. The van der Waals surface area contributed by atoms with Crippen LogP contribution in [0, 0.1) is 0 Å². The minimum atomic E-state index is 1.11. The van der Waals surface area contributed by atoms with Gasteiger partial charge >= 0.3 is 0 Å². The summed E-state index contributed by atoms with van der Waals surface area (Å²) in [5.74, 6) is 0. The lowest BCUT2D eigenvalue weighted by Crippen LogP contribution is -2.10. The maximum Gasteiger partial charge on any atom is 0.0542 e. The van der Waals surface area contributed by atoms with Crippen molar-refractivity contribution in [3.05, 3.63) is 206 Å². The quantitative estimate of drug-likeness (QED) is 0.166. The summed E-state index contributed by atoms with van der Waals surface area (Å²) in [5.41, 5.74) is 11.7.